The first-order valence-corrected chi connectivity index (χ1v) is 5.64. The number of carbonyl (C=O) groups is 1. The maximum absolute atomic E-state index is 11.9. The number of amides is 1. The molecule has 1 rings (SSSR count). The number of nitrogens with two attached hydrogens (primary N) is 1. The fourth-order valence-electron chi connectivity index (χ4n) is 2.06. The van der Waals surface area contributed by atoms with Gasteiger partial charge >= 0.3 is 0 Å². The summed E-state index contributed by atoms with van der Waals surface area (Å²) in [5.74, 6) is 0.129. The normalized spacial score (nSPS) is 28.1. The van der Waals surface area contributed by atoms with Gasteiger partial charge in [-0.15, -0.1) is 0 Å². The Morgan fingerprint density at radius 1 is 1.47 bits per heavy atom. The third-order valence-electron chi connectivity index (χ3n) is 3.19. The first-order valence-electron chi connectivity index (χ1n) is 5.64. The van der Waals surface area contributed by atoms with Crippen molar-refractivity contribution < 1.29 is 4.79 Å². The summed E-state index contributed by atoms with van der Waals surface area (Å²) in [6, 6.07) is 0.518. The predicted octanol–water partition coefficient (Wildman–Crippen LogP) is 0.132. The number of rotatable bonds is 2. The lowest BCUT2D eigenvalue weighted by molar-refractivity contribution is -0.135. The van der Waals surface area contributed by atoms with Gasteiger partial charge in [-0.25, -0.2) is 0 Å². The molecular formula is C11H23N3O. The van der Waals surface area contributed by atoms with Gasteiger partial charge in [-0.05, 0) is 26.8 Å². The van der Waals surface area contributed by atoms with Gasteiger partial charge in [0.25, 0.3) is 0 Å². The van der Waals surface area contributed by atoms with E-state index in [0.717, 1.165) is 19.5 Å². The Balaban J connectivity index is 2.65. The lowest BCUT2D eigenvalue weighted by atomic mass is 9.91. The van der Waals surface area contributed by atoms with Crippen molar-refractivity contribution in [2.45, 2.75) is 32.4 Å². The molecule has 88 valence electrons. The van der Waals surface area contributed by atoms with Crippen LogP contribution in [0.15, 0.2) is 0 Å². The Kier molecular flexibility index (Phi) is 4.11. The Morgan fingerprint density at radius 2 is 2.07 bits per heavy atom. The van der Waals surface area contributed by atoms with Crippen molar-refractivity contribution in [3.8, 4) is 0 Å². The second-order valence-corrected chi connectivity index (χ2v) is 4.88. The molecule has 2 N–H and O–H groups in total. The van der Waals surface area contributed by atoms with Crippen molar-refractivity contribution >= 4 is 5.91 Å². The third kappa shape index (κ3) is 2.92. The third-order valence-corrected chi connectivity index (χ3v) is 3.19. The highest BCUT2D eigenvalue weighted by Crippen LogP contribution is 2.19. The van der Waals surface area contributed by atoms with Crippen molar-refractivity contribution in [2.24, 2.45) is 11.7 Å². The van der Waals surface area contributed by atoms with Crippen LogP contribution in [-0.2, 0) is 4.79 Å². The quantitative estimate of drug-likeness (QED) is 0.709. The smallest absolute Gasteiger partial charge is 0.228 e. The van der Waals surface area contributed by atoms with Crippen molar-refractivity contribution in [2.75, 3.05) is 27.2 Å². The summed E-state index contributed by atoms with van der Waals surface area (Å²) < 4.78 is 0. The van der Waals surface area contributed by atoms with Crippen molar-refractivity contribution in [1.29, 1.82) is 0 Å². The highest BCUT2D eigenvalue weighted by Gasteiger charge is 2.33. The maximum Gasteiger partial charge on any atom is 0.228 e. The van der Waals surface area contributed by atoms with Crippen LogP contribution in [0.25, 0.3) is 0 Å². The van der Waals surface area contributed by atoms with E-state index in [2.05, 4.69) is 18.7 Å². The lowest BCUT2D eigenvalue weighted by Gasteiger charge is -2.39. The minimum atomic E-state index is -0.0313. The van der Waals surface area contributed by atoms with Crippen LogP contribution in [0.2, 0.25) is 0 Å². The molecule has 1 aliphatic heterocycles. The van der Waals surface area contributed by atoms with Gasteiger partial charge in [-0.2, -0.15) is 0 Å². The van der Waals surface area contributed by atoms with Crippen LogP contribution >= 0.6 is 0 Å². The zero-order valence-electron chi connectivity index (χ0n) is 10.2. The van der Waals surface area contributed by atoms with Crippen LogP contribution < -0.4 is 5.73 Å². The monoisotopic (exact) mass is 213 g/mol. The summed E-state index contributed by atoms with van der Waals surface area (Å²) in [5.41, 5.74) is 6.01. The predicted molar refractivity (Wildman–Crippen MR) is 61.5 cm³/mol. The van der Waals surface area contributed by atoms with Crippen molar-refractivity contribution in [3.63, 3.8) is 0 Å². The lowest BCUT2D eigenvalue weighted by Crippen LogP contribution is -2.54. The highest BCUT2D eigenvalue weighted by molar-refractivity contribution is 5.79. The number of hydrogen-bond acceptors (Lipinski definition) is 3. The molecule has 0 bridgehead atoms. The Morgan fingerprint density at radius 3 is 2.53 bits per heavy atom. The van der Waals surface area contributed by atoms with E-state index in [-0.39, 0.29) is 17.9 Å². The number of nitrogens with zero attached hydrogens (tertiary/aromatic N) is 2. The molecular weight excluding hydrogens is 190 g/mol. The molecule has 1 fully saturated rings. The molecule has 4 nitrogen and oxygen atoms in total. The molecule has 1 amide bonds. The topological polar surface area (TPSA) is 49.6 Å². The maximum atomic E-state index is 11.9. The standard InChI is InChI=1S/C11H23N3O/c1-8(2)14-6-5-10(12)9(7-14)11(15)13(3)4/h8-10H,5-7,12H2,1-4H3/t9-,10-/m1/s1. The minimum Gasteiger partial charge on any atom is -0.348 e. The molecule has 2 atom stereocenters. The molecule has 4 heteroatoms. The second kappa shape index (κ2) is 4.94. The van der Waals surface area contributed by atoms with E-state index >= 15 is 0 Å². The molecule has 1 heterocycles. The van der Waals surface area contributed by atoms with E-state index in [0.29, 0.717) is 6.04 Å². The average Bonchev–Trinajstić information content (AvgIpc) is 2.16. The van der Waals surface area contributed by atoms with E-state index in [9.17, 15) is 4.79 Å². The summed E-state index contributed by atoms with van der Waals surface area (Å²) in [7, 11) is 3.59. The van der Waals surface area contributed by atoms with Gasteiger partial charge < -0.3 is 15.5 Å². The molecule has 0 aromatic heterocycles. The summed E-state index contributed by atoms with van der Waals surface area (Å²) in [6.07, 6.45) is 0.919. The Hall–Kier alpha value is -0.610. The molecule has 15 heavy (non-hydrogen) atoms. The Labute approximate surface area is 92.4 Å². The van der Waals surface area contributed by atoms with Crippen LogP contribution in [0, 0.1) is 5.92 Å². The van der Waals surface area contributed by atoms with E-state index in [1.165, 1.54) is 0 Å². The summed E-state index contributed by atoms with van der Waals surface area (Å²) in [4.78, 5) is 15.9. The van der Waals surface area contributed by atoms with Crippen LogP contribution in [-0.4, -0.2) is 55.0 Å². The molecule has 0 spiro atoms. The number of carbonyl (C=O) groups excluding carboxylic acids is 1. The molecule has 0 aromatic rings. The van der Waals surface area contributed by atoms with E-state index in [1.807, 2.05) is 0 Å². The fraction of sp³-hybridized carbons (Fsp3) is 0.909. The molecule has 1 aliphatic rings. The van der Waals surface area contributed by atoms with Gasteiger partial charge in [-0.3, -0.25) is 4.79 Å². The number of hydrogen-bond donors (Lipinski definition) is 1. The van der Waals surface area contributed by atoms with E-state index < -0.39 is 0 Å². The average molecular weight is 213 g/mol. The van der Waals surface area contributed by atoms with Gasteiger partial charge in [0.2, 0.25) is 5.91 Å². The molecule has 0 radical (unpaired) electrons. The van der Waals surface area contributed by atoms with Crippen LogP contribution in [0.4, 0.5) is 0 Å². The van der Waals surface area contributed by atoms with Gasteiger partial charge in [0.05, 0.1) is 5.92 Å². The molecule has 0 unspecified atom stereocenters. The van der Waals surface area contributed by atoms with Crippen LogP contribution in [0.3, 0.4) is 0 Å². The van der Waals surface area contributed by atoms with Gasteiger partial charge in [0, 0.05) is 32.7 Å². The molecule has 1 saturated heterocycles. The SMILES string of the molecule is CC(C)N1CC[C@@H](N)[C@H](C(=O)N(C)C)C1. The van der Waals surface area contributed by atoms with Crippen molar-refractivity contribution in [3.05, 3.63) is 0 Å². The molecule has 0 saturated carbocycles. The fourth-order valence-corrected chi connectivity index (χ4v) is 2.06. The zero-order chi connectivity index (χ0) is 11.6. The van der Waals surface area contributed by atoms with Crippen molar-refractivity contribution in [1.82, 2.24) is 9.80 Å². The molecule has 0 aromatic carbocycles. The Bertz CT molecular complexity index is 228. The minimum absolute atomic E-state index is 0.0231. The second-order valence-electron chi connectivity index (χ2n) is 4.88. The largest absolute Gasteiger partial charge is 0.348 e. The molecule has 0 aliphatic carbocycles. The van der Waals surface area contributed by atoms with Gasteiger partial charge in [0.1, 0.15) is 0 Å². The van der Waals surface area contributed by atoms with E-state index in [4.69, 9.17) is 5.73 Å². The van der Waals surface area contributed by atoms with Gasteiger partial charge in [0.15, 0.2) is 0 Å². The zero-order valence-corrected chi connectivity index (χ0v) is 10.2. The van der Waals surface area contributed by atoms with Crippen LogP contribution in [0.1, 0.15) is 20.3 Å². The first kappa shape index (κ1) is 12.5. The number of piperidine rings is 1. The van der Waals surface area contributed by atoms with Gasteiger partial charge in [-0.1, -0.05) is 0 Å². The van der Waals surface area contributed by atoms with Crippen LogP contribution in [0.5, 0.6) is 0 Å². The summed E-state index contributed by atoms with van der Waals surface area (Å²) in [6.45, 7) is 6.13. The summed E-state index contributed by atoms with van der Waals surface area (Å²) >= 11 is 0. The first-order chi connectivity index (χ1) is 6.93. The number of likely N-dealkylation sites (tertiary alicyclic amines) is 1. The highest BCUT2D eigenvalue weighted by atomic mass is 16.2. The summed E-state index contributed by atoms with van der Waals surface area (Å²) in [5, 5.41) is 0. The van der Waals surface area contributed by atoms with E-state index in [1.54, 1.807) is 19.0 Å².